The van der Waals surface area contributed by atoms with Gasteiger partial charge >= 0.3 is 0 Å². The molecule has 0 saturated heterocycles. The van der Waals surface area contributed by atoms with Gasteiger partial charge in [0.15, 0.2) is 4.77 Å². The number of benzene rings is 2. The molecule has 148 valence electrons. The van der Waals surface area contributed by atoms with Crippen LogP contribution in [0.3, 0.4) is 0 Å². The zero-order valence-corrected chi connectivity index (χ0v) is 16.9. The van der Waals surface area contributed by atoms with Gasteiger partial charge in [-0.2, -0.15) is 0 Å². The summed E-state index contributed by atoms with van der Waals surface area (Å²) in [6.07, 6.45) is 0. The molecule has 0 aliphatic carbocycles. The molecule has 0 bridgehead atoms. The molecule has 0 atom stereocenters. The maximum absolute atomic E-state index is 13.7. The molecule has 0 fully saturated rings. The number of aromatic nitrogens is 2. The van der Waals surface area contributed by atoms with Gasteiger partial charge in [-0.25, -0.2) is 17.5 Å². The van der Waals surface area contributed by atoms with Crippen LogP contribution < -0.4 is 10.0 Å². The number of aryl methyl sites for hydroxylation is 2. The maximum Gasteiger partial charge on any atom is 0.253 e. The van der Waals surface area contributed by atoms with E-state index in [2.05, 4.69) is 20.0 Å². The highest BCUT2D eigenvalue weighted by molar-refractivity contribution is 7.89. The minimum absolute atomic E-state index is 0.0109. The molecule has 3 rings (SSSR count). The largest absolute Gasteiger partial charge is 0.351 e. The molecule has 4 N–H and O–H groups in total. The van der Waals surface area contributed by atoms with Crippen molar-refractivity contribution in [3.05, 3.63) is 57.6 Å². The number of H-pyrrole nitrogens is 2. The lowest BCUT2D eigenvalue weighted by Gasteiger charge is -2.11. The Bertz CT molecular complexity index is 1220. The molecule has 2 aromatic carbocycles. The molecule has 0 unspecified atom stereocenters. The van der Waals surface area contributed by atoms with Crippen molar-refractivity contribution in [1.82, 2.24) is 20.0 Å². The number of fused-ring (bicyclic) bond motifs is 1. The van der Waals surface area contributed by atoms with Gasteiger partial charge in [0.1, 0.15) is 5.82 Å². The van der Waals surface area contributed by atoms with Crippen molar-refractivity contribution in [1.29, 1.82) is 0 Å². The van der Waals surface area contributed by atoms with Crippen molar-refractivity contribution in [3.63, 3.8) is 0 Å². The first-order valence-electron chi connectivity index (χ1n) is 8.44. The molecule has 0 aliphatic heterocycles. The van der Waals surface area contributed by atoms with Gasteiger partial charge in [-0.05, 0) is 55.4 Å². The number of hydrogen-bond donors (Lipinski definition) is 4. The summed E-state index contributed by atoms with van der Waals surface area (Å²) in [5.41, 5.74) is 2.32. The van der Waals surface area contributed by atoms with Gasteiger partial charge in [0.25, 0.3) is 5.91 Å². The lowest BCUT2D eigenvalue weighted by molar-refractivity contribution is 0.0955. The van der Waals surface area contributed by atoms with Crippen molar-refractivity contribution < 1.29 is 17.6 Å². The van der Waals surface area contributed by atoms with E-state index in [0.717, 1.165) is 11.6 Å². The number of aromatic amines is 2. The highest BCUT2D eigenvalue weighted by Crippen LogP contribution is 2.18. The minimum atomic E-state index is -3.70. The van der Waals surface area contributed by atoms with Crippen molar-refractivity contribution in [2.75, 3.05) is 13.1 Å². The molecule has 28 heavy (non-hydrogen) atoms. The summed E-state index contributed by atoms with van der Waals surface area (Å²) in [6, 6.07) is 7.49. The first-order valence-corrected chi connectivity index (χ1v) is 10.3. The van der Waals surface area contributed by atoms with Crippen LogP contribution in [0.2, 0.25) is 0 Å². The Morgan fingerprint density at radius 2 is 1.89 bits per heavy atom. The van der Waals surface area contributed by atoms with E-state index in [4.69, 9.17) is 12.2 Å². The number of rotatable bonds is 6. The standard InChI is InChI=1S/C18H19FN4O3S2/c1-10-3-4-11(2)15(7-10)28(25,26)21-6-5-20-17(24)13-8-12(19)9-14-16(13)23-18(27)22-14/h3-4,7-9,21H,5-6H2,1-2H3,(H,20,24)(H2,22,23,27). The van der Waals surface area contributed by atoms with Gasteiger partial charge in [-0.1, -0.05) is 12.1 Å². The number of amides is 1. The van der Waals surface area contributed by atoms with Crippen LogP contribution in [0.5, 0.6) is 0 Å². The number of hydrogen-bond acceptors (Lipinski definition) is 4. The van der Waals surface area contributed by atoms with Gasteiger partial charge in [-0.15, -0.1) is 0 Å². The number of sulfonamides is 1. The second-order valence-electron chi connectivity index (χ2n) is 6.38. The smallest absolute Gasteiger partial charge is 0.253 e. The molecule has 1 aromatic heterocycles. The monoisotopic (exact) mass is 422 g/mol. The summed E-state index contributed by atoms with van der Waals surface area (Å²) in [5, 5.41) is 2.58. The van der Waals surface area contributed by atoms with Gasteiger partial charge in [-0.3, -0.25) is 4.79 Å². The fourth-order valence-corrected chi connectivity index (χ4v) is 4.39. The van der Waals surface area contributed by atoms with E-state index in [1.54, 1.807) is 19.1 Å². The summed E-state index contributed by atoms with van der Waals surface area (Å²) >= 11 is 4.97. The average molecular weight is 423 g/mol. The zero-order valence-electron chi connectivity index (χ0n) is 15.2. The molecule has 0 spiro atoms. The van der Waals surface area contributed by atoms with Crippen LogP contribution in [0.4, 0.5) is 4.39 Å². The summed E-state index contributed by atoms with van der Waals surface area (Å²) in [5.74, 6) is -1.13. The second-order valence-corrected chi connectivity index (χ2v) is 8.52. The quantitative estimate of drug-likeness (QED) is 0.362. The number of carbonyl (C=O) groups excluding carboxylic acids is 1. The number of halogens is 1. The molecular formula is C18H19FN4O3S2. The van der Waals surface area contributed by atoms with Crippen LogP contribution in [0.25, 0.3) is 11.0 Å². The van der Waals surface area contributed by atoms with Crippen molar-refractivity contribution >= 4 is 39.2 Å². The highest BCUT2D eigenvalue weighted by atomic mass is 32.2. The Morgan fingerprint density at radius 1 is 1.14 bits per heavy atom. The third kappa shape index (κ3) is 4.29. The molecule has 7 nitrogen and oxygen atoms in total. The molecule has 3 aromatic rings. The molecule has 10 heteroatoms. The SMILES string of the molecule is Cc1ccc(C)c(S(=O)(=O)NCCNC(=O)c2cc(F)cc3[nH]c(=S)[nH]c23)c1. The van der Waals surface area contributed by atoms with E-state index in [9.17, 15) is 17.6 Å². The number of imidazole rings is 1. The molecule has 1 amide bonds. The number of nitrogens with one attached hydrogen (secondary N) is 4. The molecule has 0 radical (unpaired) electrons. The van der Waals surface area contributed by atoms with Gasteiger partial charge in [0.05, 0.1) is 21.5 Å². The van der Waals surface area contributed by atoms with Crippen LogP contribution in [-0.2, 0) is 10.0 Å². The Kier molecular flexibility index (Phi) is 5.64. The number of carbonyl (C=O) groups is 1. The first-order chi connectivity index (χ1) is 13.2. The van der Waals surface area contributed by atoms with Crippen LogP contribution in [-0.4, -0.2) is 37.4 Å². The topological polar surface area (TPSA) is 107 Å². The lowest BCUT2D eigenvalue weighted by atomic mass is 10.1. The third-order valence-corrected chi connectivity index (χ3v) is 5.98. The molecule has 1 heterocycles. The van der Waals surface area contributed by atoms with E-state index < -0.39 is 21.7 Å². The maximum atomic E-state index is 13.7. The Labute approximate surface area is 166 Å². The minimum Gasteiger partial charge on any atom is -0.351 e. The van der Waals surface area contributed by atoms with Crippen LogP contribution in [0, 0.1) is 24.4 Å². The van der Waals surface area contributed by atoms with Crippen molar-refractivity contribution in [3.8, 4) is 0 Å². The van der Waals surface area contributed by atoms with Crippen LogP contribution >= 0.6 is 12.2 Å². The third-order valence-electron chi connectivity index (χ3n) is 4.17. The van der Waals surface area contributed by atoms with E-state index in [0.29, 0.717) is 16.6 Å². The van der Waals surface area contributed by atoms with Crippen molar-refractivity contribution in [2.45, 2.75) is 18.7 Å². The van der Waals surface area contributed by atoms with Gasteiger partial charge in [0, 0.05) is 13.1 Å². The Morgan fingerprint density at radius 3 is 2.64 bits per heavy atom. The fourth-order valence-electron chi connectivity index (χ4n) is 2.82. The van der Waals surface area contributed by atoms with Crippen LogP contribution in [0.15, 0.2) is 35.2 Å². The van der Waals surface area contributed by atoms with E-state index in [-0.39, 0.29) is 28.3 Å². The van der Waals surface area contributed by atoms with E-state index in [1.165, 1.54) is 6.07 Å². The Balaban J connectivity index is 1.66. The predicted molar refractivity (Wildman–Crippen MR) is 107 cm³/mol. The summed E-state index contributed by atoms with van der Waals surface area (Å²) in [4.78, 5) is 18.2. The fraction of sp³-hybridized carbons (Fsp3) is 0.222. The highest BCUT2D eigenvalue weighted by Gasteiger charge is 2.17. The summed E-state index contributed by atoms with van der Waals surface area (Å²) < 4.78 is 41.4. The van der Waals surface area contributed by atoms with Gasteiger partial charge in [0.2, 0.25) is 10.0 Å². The van der Waals surface area contributed by atoms with Gasteiger partial charge < -0.3 is 15.3 Å². The summed E-state index contributed by atoms with van der Waals surface area (Å²) in [6.45, 7) is 3.55. The normalized spacial score (nSPS) is 11.7. The van der Waals surface area contributed by atoms with Crippen molar-refractivity contribution in [2.24, 2.45) is 0 Å². The first kappa shape index (κ1) is 20.2. The van der Waals surface area contributed by atoms with E-state index >= 15 is 0 Å². The van der Waals surface area contributed by atoms with Crippen LogP contribution in [0.1, 0.15) is 21.5 Å². The predicted octanol–water partition coefficient (Wildman–Crippen LogP) is 2.69. The average Bonchev–Trinajstić information content (AvgIpc) is 2.99. The second kappa shape index (κ2) is 7.82. The molecular weight excluding hydrogens is 403 g/mol. The Hall–Kier alpha value is -2.56. The molecule has 0 aliphatic rings. The van der Waals surface area contributed by atoms with E-state index in [1.807, 2.05) is 13.0 Å². The zero-order chi connectivity index (χ0) is 20.5. The molecule has 0 saturated carbocycles. The lowest BCUT2D eigenvalue weighted by Crippen LogP contribution is -2.35. The summed E-state index contributed by atoms with van der Waals surface area (Å²) in [7, 11) is -3.70.